The van der Waals surface area contributed by atoms with Gasteiger partial charge in [-0.2, -0.15) is 0 Å². The first-order valence-corrected chi connectivity index (χ1v) is 6.73. The fourth-order valence-corrected chi connectivity index (χ4v) is 2.41. The molecule has 1 heterocycles. The Morgan fingerprint density at radius 3 is 2.38 bits per heavy atom. The van der Waals surface area contributed by atoms with Gasteiger partial charge in [-0.1, -0.05) is 12.1 Å². The average Bonchev–Trinajstić information content (AvgIpc) is 2.42. The van der Waals surface area contributed by atoms with Crippen LogP contribution in [0.2, 0.25) is 0 Å². The molecule has 1 amide bonds. The number of likely N-dealkylation sites (tertiary alicyclic amines) is 1. The van der Waals surface area contributed by atoms with E-state index in [4.69, 9.17) is 0 Å². The summed E-state index contributed by atoms with van der Waals surface area (Å²) in [4.78, 5) is 12.6. The van der Waals surface area contributed by atoms with Crippen LogP contribution in [0.25, 0.3) is 0 Å². The van der Waals surface area contributed by atoms with Gasteiger partial charge in [0.05, 0.1) is 0 Å². The Balaban J connectivity index is 1.83. The Morgan fingerprint density at radius 2 is 1.86 bits per heavy atom. The number of hydrogen-bond acceptors (Lipinski definition) is 3. The minimum Gasteiger partial charge on any atom is -0.406 e. The summed E-state index contributed by atoms with van der Waals surface area (Å²) in [6, 6.07) is 6.14. The van der Waals surface area contributed by atoms with Crippen LogP contribution in [0.4, 0.5) is 13.2 Å². The smallest absolute Gasteiger partial charge is 0.406 e. The zero-order valence-electron chi connectivity index (χ0n) is 11.4. The molecule has 0 atom stereocenters. The van der Waals surface area contributed by atoms with Crippen LogP contribution in [0.5, 0.6) is 5.75 Å². The number of benzene rings is 1. The van der Waals surface area contributed by atoms with Gasteiger partial charge in [0, 0.05) is 25.7 Å². The Bertz CT molecular complexity index is 454. The normalized spacial score (nSPS) is 17.5. The molecule has 1 N–H and O–H groups in total. The SMILES string of the molecule is O=CNC1CCN(Cc2ccc(OC(F)(F)F)cc2)CC1. The number of piperidine rings is 1. The molecule has 1 fully saturated rings. The van der Waals surface area contributed by atoms with E-state index in [9.17, 15) is 18.0 Å². The van der Waals surface area contributed by atoms with Gasteiger partial charge >= 0.3 is 6.36 Å². The van der Waals surface area contributed by atoms with E-state index >= 15 is 0 Å². The summed E-state index contributed by atoms with van der Waals surface area (Å²) < 4.78 is 40.0. The molecule has 7 heteroatoms. The summed E-state index contributed by atoms with van der Waals surface area (Å²) in [5.74, 6) is -0.208. The van der Waals surface area contributed by atoms with Crippen LogP contribution in [0.1, 0.15) is 18.4 Å². The first kappa shape index (κ1) is 15.6. The van der Waals surface area contributed by atoms with Crippen LogP contribution >= 0.6 is 0 Å². The number of nitrogens with zero attached hydrogens (tertiary/aromatic N) is 1. The summed E-state index contributed by atoms with van der Waals surface area (Å²) in [5.41, 5.74) is 0.936. The molecule has 1 aliphatic rings. The van der Waals surface area contributed by atoms with Crippen LogP contribution in [-0.2, 0) is 11.3 Å². The molecule has 0 saturated carbocycles. The third-order valence-corrected chi connectivity index (χ3v) is 3.45. The first-order valence-electron chi connectivity index (χ1n) is 6.73. The van der Waals surface area contributed by atoms with Crippen molar-refractivity contribution in [3.8, 4) is 5.75 Å². The van der Waals surface area contributed by atoms with Crippen LogP contribution in [0.3, 0.4) is 0 Å². The highest BCUT2D eigenvalue weighted by Crippen LogP contribution is 2.23. The molecule has 21 heavy (non-hydrogen) atoms. The van der Waals surface area contributed by atoms with Gasteiger partial charge in [-0.15, -0.1) is 13.2 Å². The minimum atomic E-state index is -4.66. The molecule has 116 valence electrons. The van der Waals surface area contributed by atoms with E-state index < -0.39 is 6.36 Å². The van der Waals surface area contributed by atoms with E-state index in [1.165, 1.54) is 12.1 Å². The van der Waals surface area contributed by atoms with E-state index in [0.29, 0.717) is 6.54 Å². The summed E-state index contributed by atoms with van der Waals surface area (Å²) in [7, 11) is 0. The van der Waals surface area contributed by atoms with Crippen molar-refractivity contribution in [2.75, 3.05) is 13.1 Å². The monoisotopic (exact) mass is 302 g/mol. The molecule has 1 aromatic rings. The maximum Gasteiger partial charge on any atom is 0.573 e. The number of halogens is 3. The lowest BCUT2D eigenvalue weighted by Gasteiger charge is -2.31. The second-order valence-electron chi connectivity index (χ2n) is 5.03. The summed E-state index contributed by atoms with van der Waals surface area (Å²) in [6.45, 7) is 2.39. The van der Waals surface area contributed by atoms with E-state index in [0.717, 1.165) is 37.9 Å². The van der Waals surface area contributed by atoms with Gasteiger partial charge in [0.2, 0.25) is 6.41 Å². The van der Waals surface area contributed by atoms with Crippen LogP contribution in [-0.4, -0.2) is 36.8 Å². The van der Waals surface area contributed by atoms with Crippen LogP contribution in [0, 0.1) is 0 Å². The number of rotatable bonds is 5. The predicted molar refractivity (Wildman–Crippen MR) is 70.6 cm³/mol. The first-order chi connectivity index (χ1) is 9.96. The lowest BCUT2D eigenvalue weighted by molar-refractivity contribution is -0.274. The highest BCUT2D eigenvalue weighted by molar-refractivity contribution is 5.46. The number of hydrogen-bond donors (Lipinski definition) is 1. The van der Waals surface area contributed by atoms with Crippen molar-refractivity contribution < 1.29 is 22.7 Å². The van der Waals surface area contributed by atoms with Gasteiger partial charge < -0.3 is 10.1 Å². The zero-order chi connectivity index (χ0) is 15.3. The second-order valence-corrected chi connectivity index (χ2v) is 5.03. The molecular weight excluding hydrogens is 285 g/mol. The Hall–Kier alpha value is -1.76. The number of alkyl halides is 3. The van der Waals surface area contributed by atoms with E-state index in [1.54, 1.807) is 12.1 Å². The molecule has 1 saturated heterocycles. The molecule has 0 aliphatic carbocycles. The minimum absolute atomic E-state index is 0.208. The zero-order valence-corrected chi connectivity index (χ0v) is 11.4. The van der Waals surface area contributed by atoms with Gasteiger partial charge in [-0.05, 0) is 30.5 Å². The highest BCUT2D eigenvalue weighted by Gasteiger charge is 2.31. The molecule has 1 aromatic carbocycles. The third kappa shape index (κ3) is 5.26. The standard InChI is InChI=1S/C14H17F3N2O2/c15-14(16,17)21-13-3-1-11(2-4-13)9-19-7-5-12(6-8-19)18-10-20/h1-4,10,12H,5-9H2,(H,18,20). The quantitative estimate of drug-likeness (QED) is 0.849. The average molecular weight is 302 g/mol. The maximum absolute atomic E-state index is 12.1. The summed E-state index contributed by atoms with van der Waals surface area (Å²) in [5, 5.41) is 2.77. The predicted octanol–water partition coefficient (Wildman–Crippen LogP) is 2.30. The van der Waals surface area contributed by atoms with E-state index in [-0.39, 0.29) is 11.8 Å². The largest absolute Gasteiger partial charge is 0.573 e. The summed E-state index contributed by atoms with van der Waals surface area (Å²) >= 11 is 0. The lowest BCUT2D eigenvalue weighted by Crippen LogP contribution is -2.41. The van der Waals surface area contributed by atoms with Gasteiger partial charge in [0.15, 0.2) is 0 Å². The van der Waals surface area contributed by atoms with Gasteiger partial charge in [-0.3, -0.25) is 9.69 Å². The van der Waals surface area contributed by atoms with Crippen LogP contribution < -0.4 is 10.1 Å². The number of nitrogens with one attached hydrogen (secondary N) is 1. The van der Waals surface area contributed by atoms with Crippen molar-refractivity contribution in [2.24, 2.45) is 0 Å². The number of carbonyl (C=O) groups excluding carboxylic acids is 1. The van der Waals surface area contributed by atoms with Crippen molar-refractivity contribution in [2.45, 2.75) is 31.8 Å². The molecule has 0 spiro atoms. The topological polar surface area (TPSA) is 41.6 Å². The van der Waals surface area contributed by atoms with Crippen LogP contribution in [0.15, 0.2) is 24.3 Å². The Kier molecular flexibility index (Phi) is 5.06. The molecule has 0 aromatic heterocycles. The van der Waals surface area contributed by atoms with Crippen molar-refractivity contribution in [3.05, 3.63) is 29.8 Å². The number of amides is 1. The van der Waals surface area contributed by atoms with Gasteiger partial charge in [0.1, 0.15) is 5.75 Å². The summed E-state index contributed by atoms with van der Waals surface area (Å²) in [6.07, 6.45) is -2.17. The highest BCUT2D eigenvalue weighted by atomic mass is 19.4. The molecule has 0 bridgehead atoms. The van der Waals surface area contributed by atoms with Crippen molar-refractivity contribution in [1.29, 1.82) is 0 Å². The molecular formula is C14H17F3N2O2. The number of ether oxygens (including phenoxy) is 1. The molecule has 1 aliphatic heterocycles. The van der Waals surface area contributed by atoms with Crippen molar-refractivity contribution in [1.82, 2.24) is 10.2 Å². The molecule has 4 nitrogen and oxygen atoms in total. The lowest BCUT2D eigenvalue weighted by atomic mass is 10.0. The van der Waals surface area contributed by atoms with E-state index in [2.05, 4.69) is 15.0 Å². The second kappa shape index (κ2) is 6.80. The molecule has 2 rings (SSSR count). The van der Waals surface area contributed by atoms with Gasteiger partial charge in [-0.25, -0.2) is 0 Å². The molecule has 0 unspecified atom stereocenters. The van der Waals surface area contributed by atoms with E-state index in [1.807, 2.05) is 0 Å². The third-order valence-electron chi connectivity index (χ3n) is 3.45. The fourth-order valence-electron chi connectivity index (χ4n) is 2.41. The Morgan fingerprint density at radius 1 is 1.24 bits per heavy atom. The van der Waals surface area contributed by atoms with Crippen molar-refractivity contribution >= 4 is 6.41 Å². The molecule has 0 radical (unpaired) electrons. The Labute approximate surface area is 120 Å². The van der Waals surface area contributed by atoms with Gasteiger partial charge in [0.25, 0.3) is 0 Å². The maximum atomic E-state index is 12.1. The fraction of sp³-hybridized carbons (Fsp3) is 0.500. The van der Waals surface area contributed by atoms with Crippen molar-refractivity contribution in [3.63, 3.8) is 0 Å². The number of carbonyl (C=O) groups is 1.